The zero-order chi connectivity index (χ0) is 16.1. The second-order valence-corrected chi connectivity index (χ2v) is 6.10. The lowest BCUT2D eigenvalue weighted by atomic mass is 10.1. The van der Waals surface area contributed by atoms with Crippen molar-refractivity contribution in [3.63, 3.8) is 0 Å². The SMILES string of the molecule is Nc1ccc(-c2csc(CCCOc3ccc(F)cc3)n2)cc1. The molecule has 1 aromatic heterocycles. The van der Waals surface area contributed by atoms with Crippen LogP contribution in [-0.2, 0) is 6.42 Å². The first kappa shape index (κ1) is 15.5. The zero-order valence-corrected chi connectivity index (χ0v) is 13.4. The van der Waals surface area contributed by atoms with Crippen molar-refractivity contribution < 1.29 is 9.13 Å². The van der Waals surface area contributed by atoms with Gasteiger partial charge in [0.15, 0.2) is 0 Å². The lowest BCUT2D eigenvalue weighted by molar-refractivity contribution is 0.310. The third-order valence-electron chi connectivity index (χ3n) is 3.38. The van der Waals surface area contributed by atoms with Gasteiger partial charge in [-0.05, 0) is 42.8 Å². The minimum atomic E-state index is -0.254. The van der Waals surface area contributed by atoms with E-state index in [0.29, 0.717) is 12.4 Å². The van der Waals surface area contributed by atoms with Gasteiger partial charge < -0.3 is 10.5 Å². The van der Waals surface area contributed by atoms with E-state index in [1.807, 2.05) is 24.3 Å². The van der Waals surface area contributed by atoms with Crippen LogP contribution in [0.4, 0.5) is 10.1 Å². The van der Waals surface area contributed by atoms with Gasteiger partial charge in [0.05, 0.1) is 17.3 Å². The van der Waals surface area contributed by atoms with Crippen molar-refractivity contribution in [1.82, 2.24) is 4.98 Å². The van der Waals surface area contributed by atoms with Gasteiger partial charge in [-0.15, -0.1) is 11.3 Å². The molecule has 118 valence electrons. The van der Waals surface area contributed by atoms with Crippen LogP contribution in [0.2, 0.25) is 0 Å². The Morgan fingerprint density at radius 1 is 1.04 bits per heavy atom. The molecule has 0 atom stereocenters. The van der Waals surface area contributed by atoms with Gasteiger partial charge in [0.1, 0.15) is 11.6 Å². The Hall–Kier alpha value is -2.40. The molecule has 0 saturated carbocycles. The van der Waals surface area contributed by atoms with E-state index in [0.717, 1.165) is 34.8 Å². The molecule has 0 aliphatic rings. The molecule has 3 aromatic rings. The number of nitrogens with zero attached hydrogens (tertiary/aromatic N) is 1. The van der Waals surface area contributed by atoms with Gasteiger partial charge in [0, 0.05) is 23.1 Å². The first-order valence-corrected chi connectivity index (χ1v) is 8.27. The molecule has 23 heavy (non-hydrogen) atoms. The van der Waals surface area contributed by atoms with Gasteiger partial charge in [-0.2, -0.15) is 0 Å². The van der Waals surface area contributed by atoms with Crippen LogP contribution in [0.5, 0.6) is 5.75 Å². The molecule has 0 aliphatic heterocycles. The molecule has 1 heterocycles. The Labute approximate surface area is 138 Å². The number of aromatic nitrogens is 1. The van der Waals surface area contributed by atoms with Gasteiger partial charge in [0.25, 0.3) is 0 Å². The minimum Gasteiger partial charge on any atom is -0.494 e. The molecule has 0 fully saturated rings. The quantitative estimate of drug-likeness (QED) is 0.534. The van der Waals surface area contributed by atoms with E-state index in [4.69, 9.17) is 10.5 Å². The van der Waals surface area contributed by atoms with Crippen molar-refractivity contribution in [2.45, 2.75) is 12.8 Å². The maximum absolute atomic E-state index is 12.8. The number of benzene rings is 2. The summed E-state index contributed by atoms with van der Waals surface area (Å²) in [4.78, 5) is 4.64. The van der Waals surface area contributed by atoms with Gasteiger partial charge in [-0.1, -0.05) is 12.1 Å². The number of ether oxygens (including phenoxy) is 1. The van der Waals surface area contributed by atoms with Gasteiger partial charge in [-0.3, -0.25) is 0 Å². The normalized spacial score (nSPS) is 10.7. The molecule has 2 aromatic carbocycles. The topological polar surface area (TPSA) is 48.1 Å². The second-order valence-electron chi connectivity index (χ2n) is 5.15. The summed E-state index contributed by atoms with van der Waals surface area (Å²) in [5.74, 6) is 0.434. The number of halogens is 1. The number of nitrogens with two attached hydrogens (primary N) is 1. The van der Waals surface area contributed by atoms with Crippen molar-refractivity contribution in [2.75, 3.05) is 12.3 Å². The molecule has 3 nitrogen and oxygen atoms in total. The Kier molecular flexibility index (Phi) is 4.88. The standard InChI is InChI=1S/C18H17FN2OS/c19-14-5-9-16(10-6-14)22-11-1-2-18-21-17(12-23-18)13-3-7-15(20)8-4-13/h3-10,12H,1-2,11,20H2. The molecule has 0 saturated heterocycles. The summed E-state index contributed by atoms with van der Waals surface area (Å²) in [6, 6.07) is 13.8. The number of aryl methyl sites for hydroxylation is 1. The number of thiazole rings is 1. The molecule has 0 radical (unpaired) electrons. The minimum absolute atomic E-state index is 0.254. The average molecular weight is 328 g/mol. The van der Waals surface area contributed by atoms with Gasteiger partial charge in [0.2, 0.25) is 0 Å². The van der Waals surface area contributed by atoms with E-state index < -0.39 is 0 Å². The summed E-state index contributed by atoms with van der Waals surface area (Å²) in [7, 11) is 0. The fraction of sp³-hybridized carbons (Fsp3) is 0.167. The van der Waals surface area contributed by atoms with Crippen LogP contribution in [0.1, 0.15) is 11.4 Å². The van der Waals surface area contributed by atoms with Gasteiger partial charge >= 0.3 is 0 Å². The first-order valence-electron chi connectivity index (χ1n) is 7.39. The van der Waals surface area contributed by atoms with E-state index >= 15 is 0 Å². The molecule has 0 spiro atoms. The van der Waals surface area contributed by atoms with Crippen molar-refractivity contribution in [3.05, 3.63) is 64.7 Å². The highest BCUT2D eigenvalue weighted by atomic mass is 32.1. The largest absolute Gasteiger partial charge is 0.494 e. The first-order chi connectivity index (χ1) is 11.2. The highest BCUT2D eigenvalue weighted by Gasteiger charge is 2.05. The highest BCUT2D eigenvalue weighted by molar-refractivity contribution is 7.09. The predicted molar refractivity (Wildman–Crippen MR) is 92.2 cm³/mol. The average Bonchev–Trinajstić information content (AvgIpc) is 3.03. The van der Waals surface area contributed by atoms with E-state index in [1.165, 1.54) is 12.1 Å². The van der Waals surface area contributed by atoms with Crippen LogP contribution in [0, 0.1) is 5.82 Å². The molecule has 2 N–H and O–H groups in total. The van der Waals surface area contributed by atoms with Crippen LogP contribution in [0.15, 0.2) is 53.9 Å². The van der Waals surface area contributed by atoms with E-state index in [9.17, 15) is 4.39 Å². The molecular formula is C18H17FN2OS. The van der Waals surface area contributed by atoms with E-state index in [1.54, 1.807) is 23.5 Å². The highest BCUT2D eigenvalue weighted by Crippen LogP contribution is 2.23. The van der Waals surface area contributed by atoms with Crippen LogP contribution in [-0.4, -0.2) is 11.6 Å². The lowest BCUT2D eigenvalue weighted by Crippen LogP contribution is -1.99. The van der Waals surface area contributed by atoms with Crippen LogP contribution >= 0.6 is 11.3 Å². The summed E-state index contributed by atoms with van der Waals surface area (Å²) < 4.78 is 18.4. The molecule has 3 rings (SSSR count). The summed E-state index contributed by atoms with van der Waals surface area (Å²) in [5, 5.41) is 3.14. The number of hydrogen-bond donors (Lipinski definition) is 1. The van der Waals surface area contributed by atoms with E-state index in [-0.39, 0.29) is 5.82 Å². The number of nitrogen functional groups attached to an aromatic ring is 1. The van der Waals surface area contributed by atoms with Crippen molar-refractivity contribution in [3.8, 4) is 17.0 Å². The van der Waals surface area contributed by atoms with Crippen LogP contribution < -0.4 is 10.5 Å². The number of anilines is 1. The third-order valence-corrected chi connectivity index (χ3v) is 4.28. The second kappa shape index (κ2) is 7.24. The van der Waals surface area contributed by atoms with Crippen molar-refractivity contribution >= 4 is 17.0 Å². The number of rotatable bonds is 6. The molecule has 5 heteroatoms. The molecule has 0 bridgehead atoms. The monoisotopic (exact) mass is 328 g/mol. The lowest BCUT2D eigenvalue weighted by Gasteiger charge is -2.04. The maximum atomic E-state index is 12.8. The maximum Gasteiger partial charge on any atom is 0.123 e. The van der Waals surface area contributed by atoms with Crippen molar-refractivity contribution in [2.24, 2.45) is 0 Å². The molecule has 0 aliphatic carbocycles. The van der Waals surface area contributed by atoms with E-state index in [2.05, 4.69) is 10.4 Å². The summed E-state index contributed by atoms with van der Waals surface area (Å²) in [5.41, 5.74) is 8.50. The van der Waals surface area contributed by atoms with Crippen molar-refractivity contribution in [1.29, 1.82) is 0 Å². The summed E-state index contributed by atoms with van der Waals surface area (Å²) >= 11 is 1.65. The fourth-order valence-electron chi connectivity index (χ4n) is 2.16. The fourth-order valence-corrected chi connectivity index (χ4v) is 3.01. The molecule has 0 amide bonds. The third kappa shape index (κ3) is 4.29. The zero-order valence-electron chi connectivity index (χ0n) is 12.5. The predicted octanol–water partition coefficient (Wildman–Crippen LogP) is 4.54. The molecule has 0 unspecified atom stereocenters. The Morgan fingerprint density at radius 3 is 2.52 bits per heavy atom. The van der Waals surface area contributed by atoms with Crippen LogP contribution in [0.3, 0.4) is 0 Å². The smallest absolute Gasteiger partial charge is 0.123 e. The van der Waals surface area contributed by atoms with Gasteiger partial charge in [-0.25, -0.2) is 9.37 Å². The Bertz CT molecular complexity index is 753. The number of hydrogen-bond acceptors (Lipinski definition) is 4. The summed E-state index contributed by atoms with van der Waals surface area (Å²) in [6.07, 6.45) is 1.73. The Balaban J connectivity index is 1.49. The molecular weight excluding hydrogens is 311 g/mol. The van der Waals surface area contributed by atoms with Crippen LogP contribution in [0.25, 0.3) is 11.3 Å². The Morgan fingerprint density at radius 2 is 1.78 bits per heavy atom. The summed E-state index contributed by atoms with van der Waals surface area (Å²) in [6.45, 7) is 0.586.